The number of hydrogen-bond acceptors (Lipinski definition) is 15. The second kappa shape index (κ2) is 39.7. The molecule has 0 aliphatic heterocycles. The maximum absolute atomic E-state index is 11.9. The van der Waals surface area contributed by atoms with Crippen LogP contribution in [0.25, 0.3) is 0 Å². The molecule has 0 aromatic rings. The molecule has 0 N–H and O–H groups in total. The zero-order valence-corrected chi connectivity index (χ0v) is 31.9. The third-order valence-corrected chi connectivity index (χ3v) is 5.98. The van der Waals surface area contributed by atoms with Gasteiger partial charge in [0.05, 0.1) is 172 Å². The van der Waals surface area contributed by atoms with Crippen LogP contribution in [0.1, 0.15) is 20.8 Å². The van der Waals surface area contributed by atoms with Gasteiger partial charge in [-0.3, -0.25) is 0 Å². The van der Waals surface area contributed by atoms with Crippen molar-refractivity contribution in [2.75, 3.05) is 185 Å². The number of hydrogen-bond donors (Lipinski definition) is 0. The van der Waals surface area contributed by atoms with Crippen molar-refractivity contribution in [3.05, 3.63) is 12.7 Å². The first-order valence-corrected chi connectivity index (χ1v) is 17.9. The van der Waals surface area contributed by atoms with Crippen LogP contribution in [0, 0.1) is 0 Å². The van der Waals surface area contributed by atoms with Crippen molar-refractivity contribution in [1.29, 1.82) is 0 Å². The molecule has 0 aromatic heterocycles. The number of amides is 1. The molecule has 51 heavy (non-hydrogen) atoms. The molecular weight excluding hydrogens is 674 g/mol. The van der Waals surface area contributed by atoms with Gasteiger partial charge >= 0.3 is 6.09 Å². The fourth-order valence-electron chi connectivity index (χ4n) is 3.44. The minimum atomic E-state index is -0.512. The van der Waals surface area contributed by atoms with Gasteiger partial charge in [0.15, 0.2) is 0 Å². The molecule has 0 atom stereocenters. The Morgan fingerprint density at radius 3 is 0.863 bits per heavy atom. The first-order valence-electron chi connectivity index (χ1n) is 17.9. The van der Waals surface area contributed by atoms with Crippen molar-refractivity contribution in [2.45, 2.75) is 26.4 Å². The molecule has 16 heteroatoms. The molecule has 0 radical (unpaired) electrons. The van der Waals surface area contributed by atoms with E-state index in [1.54, 1.807) is 13.1 Å². The van der Waals surface area contributed by atoms with Crippen LogP contribution >= 0.6 is 0 Å². The van der Waals surface area contributed by atoms with Crippen LogP contribution < -0.4 is 0 Å². The lowest BCUT2D eigenvalue weighted by Gasteiger charge is -2.24. The Bertz CT molecular complexity index is 730. The first-order chi connectivity index (χ1) is 24.9. The van der Waals surface area contributed by atoms with E-state index in [1.165, 1.54) is 4.90 Å². The molecule has 0 aliphatic rings. The fourth-order valence-corrected chi connectivity index (χ4v) is 3.44. The summed E-state index contributed by atoms with van der Waals surface area (Å²) >= 11 is 0. The molecule has 0 aliphatic carbocycles. The highest BCUT2D eigenvalue weighted by atomic mass is 16.6. The second-order valence-corrected chi connectivity index (χ2v) is 11.6. The molecule has 0 unspecified atom stereocenters. The Labute approximate surface area is 306 Å². The summed E-state index contributed by atoms with van der Waals surface area (Å²) in [6, 6.07) is 0. The summed E-state index contributed by atoms with van der Waals surface area (Å²) in [6.07, 6.45) is 1.34. The average Bonchev–Trinajstić information content (AvgIpc) is 3.10. The third-order valence-electron chi connectivity index (χ3n) is 5.98. The first kappa shape index (κ1) is 49.5. The highest BCUT2D eigenvalue weighted by molar-refractivity contribution is 5.67. The van der Waals surface area contributed by atoms with E-state index in [4.69, 9.17) is 66.3 Å². The van der Waals surface area contributed by atoms with Gasteiger partial charge in [-0.2, -0.15) is 0 Å². The minimum absolute atomic E-state index is 0.366. The van der Waals surface area contributed by atoms with Crippen molar-refractivity contribution in [2.24, 2.45) is 0 Å². The largest absolute Gasteiger partial charge is 0.444 e. The lowest BCUT2D eigenvalue weighted by molar-refractivity contribution is -0.0290. The van der Waals surface area contributed by atoms with E-state index in [1.807, 2.05) is 20.8 Å². The highest BCUT2D eigenvalue weighted by Crippen LogP contribution is 2.08. The van der Waals surface area contributed by atoms with Gasteiger partial charge in [-0.15, -0.1) is 6.58 Å². The van der Waals surface area contributed by atoms with Crippen molar-refractivity contribution in [1.82, 2.24) is 4.90 Å². The molecule has 0 saturated heterocycles. The van der Waals surface area contributed by atoms with Crippen LogP contribution in [0.5, 0.6) is 0 Å². The van der Waals surface area contributed by atoms with Crippen molar-refractivity contribution in [3.63, 3.8) is 0 Å². The van der Waals surface area contributed by atoms with Gasteiger partial charge in [-0.05, 0) is 20.8 Å². The molecule has 1 amide bonds. The summed E-state index contributed by atoms with van der Waals surface area (Å²) in [5, 5.41) is 0. The Hall–Kier alpha value is -1.51. The number of nitrogens with zero attached hydrogens (tertiary/aromatic N) is 1. The van der Waals surface area contributed by atoms with E-state index in [9.17, 15) is 4.79 Å². The van der Waals surface area contributed by atoms with Crippen LogP contribution in [-0.2, 0) is 66.3 Å². The Balaban J connectivity index is 3.13. The molecule has 304 valence electrons. The van der Waals surface area contributed by atoms with Gasteiger partial charge in [-0.1, -0.05) is 6.08 Å². The zero-order valence-electron chi connectivity index (χ0n) is 31.9. The fraction of sp³-hybridized carbons (Fsp3) is 0.914. The average molecular weight is 744 g/mol. The number of ether oxygens (including phenoxy) is 14. The van der Waals surface area contributed by atoms with Gasteiger partial charge < -0.3 is 71.2 Å². The summed E-state index contributed by atoms with van der Waals surface area (Å²) in [5.74, 6) is 0. The lowest BCUT2D eigenvalue weighted by Crippen LogP contribution is -2.36. The normalized spacial score (nSPS) is 11.7. The van der Waals surface area contributed by atoms with Gasteiger partial charge in [-0.25, -0.2) is 4.79 Å². The van der Waals surface area contributed by atoms with Gasteiger partial charge in [0.25, 0.3) is 0 Å². The van der Waals surface area contributed by atoms with E-state index in [2.05, 4.69) is 6.58 Å². The lowest BCUT2D eigenvalue weighted by atomic mass is 10.2. The summed E-state index contributed by atoms with van der Waals surface area (Å²) in [4.78, 5) is 13.4. The van der Waals surface area contributed by atoms with Gasteiger partial charge in [0, 0.05) is 13.6 Å². The van der Waals surface area contributed by atoms with E-state index in [0.29, 0.717) is 178 Å². The van der Waals surface area contributed by atoms with E-state index in [-0.39, 0.29) is 6.09 Å². The molecular formula is C35H69NO15. The Morgan fingerprint density at radius 2 is 0.647 bits per heavy atom. The predicted molar refractivity (Wildman–Crippen MR) is 190 cm³/mol. The summed E-state index contributed by atoms with van der Waals surface area (Å²) in [6.45, 7) is 22.5. The summed E-state index contributed by atoms with van der Waals surface area (Å²) in [5.41, 5.74) is -0.512. The van der Waals surface area contributed by atoms with E-state index < -0.39 is 5.60 Å². The Morgan fingerprint density at radius 1 is 0.431 bits per heavy atom. The maximum atomic E-state index is 11.9. The number of carbonyl (C=O) groups is 1. The van der Waals surface area contributed by atoms with Crippen LogP contribution in [0.15, 0.2) is 12.7 Å². The summed E-state index contributed by atoms with van der Waals surface area (Å²) < 4.78 is 76.1. The van der Waals surface area contributed by atoms with Crippen molar-refractivity contribution in [3.8, 4) is 0 Å². The number of likely N-dealkylation sites (N-methyl/N-ethyl adjacent to an activating group) is 1. The van der Waals surface area contributed by atoms with E-state index >= 15 is 0 Å². The van der Waals surface area contributed by atoms with Crippen molar-refractivity contribution >= 4 is 6.09 Å². The van der Waals surface area contributed by atoms with Crippen LogP contribution in [0.4, 0.5) is 4.79 Å². The van der Waals surface area contributed by atoms with Gasteiger partial charge in [0.2, 0.25) is 0 Å². The zero-order chi connectivity index (χ0) is 37.4. The number of rotatable bonds is 41. The molecule has 0 saturated carbocycles. The molecule has 0 rings (SSSR count). The molecule has 0 aromatic carbocycles. The Kier molecular flexibility index (Phi) is 38.5. The third kappa shape index (κ3) is 42.8. The van der Waals surface area contributed by atoms with Crippen LogP contribution in [0.2, 0.25) is 0 Å². The number of carbonyl (C=O) groups excluding carboxylic acids is 1. The smallest absolute Gasteiger partial charge is 0.410 e. The van der Waals surface area contributed by atoms with Crippen LogP contribution in [0.3, 0.4) is 0 Å². The molecule has 0 heterocycles. The van der Waals surface area contributed by atoms with Crippen LogP contribution in [-0.4, -0.2) is 202 Å². The van der Waals surface area contributed by atoms with Crippen molar-refractivity contribution < 1.29 is 71.1 Å². The van der Waals surface area contributed by atoms with Gasteiger partial charge in [0.1, 0.15) is 5.60 Å². The standard InChI is InChI=1S/C35H69NO15/c1-6-8-38-10-12-40-14-16-42-18-20-44-22-24-46-26-28-48-30-32-50-33-31-49-29-27-47-25-23-45-21-19-43-17-15-41-13-11-39-9-7-36(5)34(37)51-35(2,3)4/h6H,1,7-33H2,2-5H3. The summed E-state index contributed by atoms with van der Waals surface area (Å²) in [7, 11) is 1.68. The molecule has 0 spiro atoms. The van der Waals surface area contributed by atoms with E-state index in [0.717, 1.165) is 0 Å². The molecule has 0 fully saturated rings. The quantitative estimate of drug-likeness (QED) is 0.0665. The monoisotopic (exact) mass is 743 g/mol. The molecule has 16 nitrogen and oxygen atoms in total. The minimum Gasteiger partial charge on any atom is -0.444 e. The topological polar surface area (TPSA) is 150 Å². The molecule has 0 bridgehead atoms. The SMILES string of the molecule is C=CCOCCOCCOCCOCCOCCOCCOCCOCCOCCOCCOCCOCCOCCN(C)C(=O)OC(C)(C)C. The second-order valence-electron chi connectivity index (χ2n) is 11.6. The predicted octanol–water partition coefficient (Wildman–Crippen LogP) is 2.26. The maximum Gasteiger partial charge on any atom is 0.410 e. The highest BCUT2D eigenvalue weighted by Gasteiger charge is 2.19.